The van der Waals surface area contributed by atoms with Crippen LogP contribution in [0, 0.1) is 13.8 Å². The minimum atomic E-state index is 0.474. The maximum atomic E-state index is 5.71. The normalized spacial score (nSPS) is 18.2. The second-order valence-electron chi connectivity index (χ2n) is 6.42. The highest BCUT2D eigenvalue weighted by molar-refractivity contribution is 5.46. The average Bonchev–Trinajstić information content (AvgIpc) is 2.56. The lowest BCUT2D eigenvalue weighted by molar-refractivity contribution is 0.238. The van der Waals surface area contributed by atoms with Crippen LogP contribution in [0.25, 0.3) is 0 Å². The van der Waals surface area contributed by atoms with Crippen molar-refractivity contribution in [3.63, 3.8) is 0 Å². The molecule has 3 rings (SSSR count). The molecule has 1 heterocycles. The molecule has 2 nitrogen and oxygen atoms in total. The Morgan fingerprint density at radius 2 is 1.86 bits per heavy atom. The summed E-state index contributed by atoms with van der Waals surface area (Å²) in [5.41, 5.74) is 13.0. The Bertz CT molecular complexity index is 634. The van der Waals surface area contributed by atoms with Gasteiger partial charge < -0.3 is 5.73 Å². The van der Waals surface area contributed by atoms with Crippen LogP contribution in [-0.2, 0) is 6.54 Å². The highest BCUT2D eigenvalue weighted by atomic mass is 15.1. The molecule has 1 unspecified atom stereocenters. The summed E-state index contributed by atoms with van der Waals surface area (Å²) in [6.07, 6.45) is 1.07. The molecular weight excluding hydrogens is 268 g/mol. The Kier molecular flexibility index (Phi) is 4.60. The van der Waals surface area contributed by atoms with Gasteiger partial charge in [0.05, 0.1) is 0 Å². The summed E-state index contributed by atoms with van der Waals surface area (Å²) < 4.78 is 0. The van der Waals surface area contributed by atoms with E-state index in [9.17, 15) is 0 Å². The largest absolute Gasteiger partial charge is 0.330 e. The first-order chi connectivity index (χ1) is 10.7. The molecule has 0 radical (unpaired) electrons. The van der Waals surface area contributed by atoms with Crippen LogP contribution in [0.15, 0.2) is 42.5 Å². The minimum Gasteiger partial charge on any atom is -0.330 e. The third kappa shape index (κ3) is 2.94. The summed E-state index contributed by atoms with van der Waals surface area (Å²) in [7, 11) is 0. The van der Waals surface area contributed by atoms with E-state index in [2.05, 4.69) is 61.2 Å². The lowest BCUT2D eigenvalue weighted by Gasteiger charge is -2.36. The van der Waals surface area contributed by atoms with E-state index in [4.69, 9.17) is 5.73 Å². The standard InChI is InChI=1S/C20H26N2/c1-15-9-10-18-19(16(15)2)13-22(12-6-11-21)14-20(18)17-7-4-3-5-8-17/h3-5,7-10,20H,6,11-14,21H2,1-2H3. The summed E-state index contributed by atoms with van der Waals surface area (Å²) in [5.74, 6) is 0.474. The van der Waals surface area contributed by atoms with Gasteiger partial charge in [-0.3, -0.25) is 4.90 Å². The van der Waals surface area contributed by atoms with Crippen LogP contribution in [0.1, 0.15) is 40.2 Å². The number of fused-ring (bicyclic) bond motifs is 1. The lowest BCUT2D eigenvalue weighted by atomic mass is 9.82. The number of benzene rings is 2. The van der Waals surface area contributed by atoms with E-state index < -0.39 is 0 Å². The van der Waals surface area contributed by atoms with Gasteiger partial charge in [-0.2, -0.15) is 0 Å². The zero-order valence-corrected chi connectivity index (χ0v) is 13.7. The van der Waals surface area contributed by atoms with E-state index in [-0.39, 0.29) is 0 Å². The highest BCUT2D eigenvalue weighted by Gasteiger charge is 2.27. The predicted molar refractivity (Wildman–Crippen MR) is 93.1 cm³/mol. The quantitative estimate of drug-likeness (QED) is 0.933. The van der Waals surface area contributed by atoms with Gasteiger partial charge in [-0.25, -0.2) is 0 Å². The SMILES string of the molecule is Cc1ccc2c(c1C)CN(CCCN)CC2c1ccccc1. The molecule has 0 saturated carbocycles. The van der Waals surface area contributed by atoms with Gasteiger partial charge in [0.1, 0.15) is 0 Å². The number of nitrogens with two attached hydrogens (primary N) is 1. The van der Waals surface area contributed by atoms with Gasteiger partial charge in [-0.1, -0.05) is 42.5 Å². The van der Waals surface area contributed by atoms with E-state index >= 15 is 0 Å². The van der Waals surface area contributed by atoms with E-state index in [0.717, 1.165) is 32.6 Å². The lowest BCUT2D eigenvalue weighted by Crippen LogP contribution is -2.36. The monoisotopic (exact) mass is 294 g/mol. The predicted octanol–water partition coefficient (Wildman–Crippen LogP) is 3.60. The van der Waals surface area contributed by atoms with Gasteiger partial charge in [0.15, 0.2) is 0 Å². The number of nitrogens with zero attached hydrogens (tertiary/aromatic N) is 1. The van der Waals surface area contributed by atoms with Crippen molar-refractivity contribution in [3.05, 3.63) is 70.3 Å². The Morgan fingerprint density at radius 1 is 1.09 bits per heavy atom. The van der Waals surface area contributed by atoms with Crippen molar-refractivity contribution in [1.82, 2.24) is 4.90 Å². The number of rotatable bonds is 4. The van der Waals surface area contributed by atoms with Gasteiger partial charge in [-0.05, 0) is 61.2 Å². The first kappa shape index (κ1) is 15.3. The zero-order valence-electron chi connectivity index (χ0n) is 13.7. The van der Waals surface area contributed by atoms with Crippen molar-refractivity contribution in [2.45, 2.75) is 32.7 Å². The number of aryl methyl sites for hydroxylation is 1. The Labute approximate surface area is 134 Å². The van der Waals surface area contributed by atoms with Crippen LogP contribution in [0.3, 0.4) is 0 Å². The molecule has 0 saturated heterocycles. The van der Waals surface area contributed by atoms with E-state index in [1.165, 1.54) is 27.8 Å². The van der Waals surface area contributed by atoms with Crippen LogP contribution < -0.4 is 5.73 Å². The fourth-order valence-corrected chi connectivity index (χ4v) is 3.53. The van der Waals surface area contributed by atoms with Crippen LogP contribution in [-0.4, -0.2) is 24.5 Å². The first-order valence-corrected chi connectivity index (χ1v) is 8.27. The molecule has 116 valence electrons. The number of hydrogen-bond donors (Lipinski definition) is 1. The summed E-state index contributed by atoms with van der Waals surface area (Å²) in [6, 6.07) is 15.5. The molecule has 22 heavy (non-hydrogen) atoms. The molecule has 0 fully saturated rings. The molecule has 0 spiro atoms. The Hall–Kier alpha value is -1.64. The number of hydrogen-bond acceptors (Lipinski definition) is 2. The van der Waals surface area contributed by atoms with Crippen molar-refractivity contribution in [1.29, 1.82) is 0 Å². The van der Waals surface area contributed by atoms with E-state index in [1.54, 1.807) is 0 Å². The summed E-state index contributed by atoms with van der Waals surface area (Å²) in [5, 5.41) is 0. The maximum absolute atomic E-state index is 5.71. The molecule has 0 bridgehead atoms. The van der Waals surface area contributed by atoms with Crippen LogP contribution in [0.5, 0.6) is 0 Å². The van der Waals surface area contributed by atoms with Crippen LogP contribution in [0.2, 0.25) is 0 Å². The molecule has 0 aromatic heterocycles. The molecule has 2 heteroatoms. The molecule has 2 aromatic rings. The van der Waals surface area contributed by atoms with Gasteiger partial charge in [0.2, 0.25) is 0 Å². The fraction of sp³-hybridized carbons (Fsp3) is 0.400. The van der Waals surface area contributed by atoms with E-state index in [1.807, 2.05) is 0 Å². The average molecular weight is 294 g/mol. The van der Waals surface area contributed by atoms with Gasteiger partial charge in [0, 0.05) is 19.0 Å². The van der Waals surface area contributed by atoms with Crippen molar-refractivity contribution in [2.24, 2.45) is 5.73 Å². The molecule has 0 aliphatic carbocycles. The smallest absolute Gasteiger partial charge is 0.0239 e. The van der Waals surface area contributed by atoms with Crippen LogP contribution in [0.4, 0.5) is 0 Å². The summed E-state index contributed by atoms with van der Waals surface area (Å²) in [6.45, 7) is 8.50. The Balaban J connectivity index is 2.01. The molecule has 0 amide bonds. The van der Waals surface area contributed by atoms with Crippen molar-refractivity contribution in [3.8, 4) is 0 Å². The van der Waals surface area contributed by atoms with Crippen molar-refractivity contribution < 1.29 is 0 Å². The third-order valence-corrected chi connectivity index (χ3v) is 4.98. The highest BCUT2D eigenvalue weighted by Crippen LogP contribution is 2.35. The minimum absolute atomic E-state index is 0.474. The van der Waals surface area contributed by atoms with Crippen molar-refractivity contribution in [2.75, 3.05) is 19.6 Å². The molecule has 1 atom stereocenters. The third-order valence-electron chi connectivity index (χ3n) is 4.98. The van der Waals surface area contributed by atoms with Gasteiger partial charge >= 0.3 is 0 Å². The zero-order chi connectivity index (χ0) is 15.5. The molecule has 1 aliphatic rings. The second-order valence-corrected chi connectivity index (χ2v) is 6.42. The fourth-order valence-electron chi connectivity index (χ4n) is 3.53. The molecule has 2 N–H and O–H groups in total. The summed E-state index contributed by atoms with van der Waals surface area (Å²) in [4.78, 5) is 2.57. The van der Waals surface area contributed by atoms with Crippen LogP contribution >= 0.6 is 0 Å². The maximum Gasteiger partial charge on any atom is 0.0239 e. The van der Waals surface area contributed by atoms with E-state index in [0.29, 0.717) is 5.92 Å². The Morgan fingerprint density at radius 3 is 2.59 bits per heavy atom. The van der Waals surface area contributed by atoms with Crippen molar-refractivity contribution >= 4 is 0 Å². The van der Waals surface area contributed by atoms with Gasteiger partial charge in [-0.15, -0.1) is 0 Å². The second kappa shape index (κ2) is 6.64. The summed E-state index contributed by atoms with van der Waals surface area (Å²) >= 11 is 0. The molecule has 2 aromatic carbocycles. The first-order valence-electron chi connectivity index (χ1n) is 8.27. The molecular formula is C20H26N2. The molecule has 1 aliphatic heterocycles. The van der Waals surface area contributed by atoms with Gasteiger partial charge in [0.25, 0.3) is 0 Å². The topological polar surface area (TPSA) is 29.3 Å².